The summed E-state index contributed by atoms with van der Waals surface area (Å²) in [5.74, 6) is 0.705. The van der Waals surface area contributed by atoms with E-state index in [1.165, 1.54) is 6.07 Å². The van der Waals surface area contributed by atoms with Crippen molar-refractivity contribution in [3.63, 3.8) is 0 Å². The molecule has 0 saturated heterocycles. The first-order chi connectivity index (χ1) is 10.9. The van der Waals surface area contributed by atoms with Crippen LogP contribution in [0.4, 0.5) is 0 Å². The van der Waals surface area contributed by atoms with Crippen LogP contribution in [0.3, 0.4) is 0 Å². The first-order valence-corrected chi connectivity index (χ1v) is 7.77. The fourth-order valence-electron chi connectivity index (χ4n) is 2.57. The Labute approximate surface area is 135 Å². The van der Waals surface area contributed by atoms with Gasteiger partial charge < -0.3 is 14.5 Å². The number of methoxy groups -OCH3 is 1. The molecule has 0 spiro atoms. The minimum Gasteiger partial charge on any atom is -0.496 e. The molecule has 0 radical (unpaired) electrons. The fraction of sp³-hybridized carbons (Fsp3) is 0.444. The van der Waals surface area contributed by atoms with E-state index in [0.717, 1.165) is 10.9 Å². The summed E-state index contributed by atoms with van der Waals surface area (Å²) >= 11 is 0. The lowest BCUT2D eigenvalue weighted by molar-refractivity contribution is -0.122. The summed E-state index contributed by atoms with van der Waals surface area (Å²) in [6.45, 7) is 5.79. The van der Waals surface area contributed by atoms with Crippen LogP contribution in [-0.2, 0) is 11.2 Å². The Balaban J connectivity index is 2.33. The van der Waals surface area contributed by atoms with Crippen molar-refractivity contribution in [3.05, 3.63) is 40.2 Å². The molecular weight excluding hydrogens is 294 g/mol. The third-order valence-electron chi connectivity index (χ3n) is 3.87. The molecule has 124 valence electrons. The Morgan fingerprint density at radius 1 is 1.26 bits per heavy atom. The number of fused-ring (bicyclic) bond motifs is 1. The minimum absolute atomic E-state index is 0.0198. The molecule has 0 saturated carbocycles. The Bertz CT molecular complexity index is 761. The van der Waals surface area contributed by atoms with E-state index >= 15 is 0 Å². The number of hydrogen-bond acceptors (Lipinski definition) is 4. The van der Waals surface area contributed by atoms with E-state index in [9.17, 15) is 9.59 Å². The molecule has 0 aliphatic rings. The molecule has 5 nitrogen and oxygen atoms in total. The van der Waals surface area contributed by atoms with Crippen LogP contribution in [0.5, 0.6) is 5.75 Å². The van der Waals surface area contributed by atoms with Gasteiger partial charge in [0.05, 0.1) is 7.11 Å². The predicted molar refractivity (Wildman–Crippen MR) is 89.9 cm³/mol. The van der Waals surface area contributed by atoms with Gasteiger partial charge >= 0.3 is 5.63 Å². The van der Waals surface area contributed by atoms with Crippen molar-refractivity contribution in [3.8, 4) is 5.75 Å². The van der Waals surface area contributed by atoms with Crippen LogP contribution < -0.4 is 15.7 Å². The van der Waals surface area contributed by atoms with Crippen LogP contribution >= 0.6 is 0 Å². The fourth-order valence-corrected chi connectivity index (χ4v) is 2.57. The smallest absolute Gasteiger partial charge is 0.336 e. The van der Waals surface area contributed by atoms with E-state index in [0.29, 0.717) is 30.6 Å². The molecule has 0 unspecified atom stereocenters. The summed E-state index contributed by atoms with van der Waals surface area (Å²) in [4.78, 5) is 23.2. The highest BCUT2D eigenvalue weighted by atomic mass is 16.5. The summed E-state index contributed by atoms with van der Waals surface area (Å²) in [5, 5.41) is 3.86. The molecule has 2 rings (SSSR count). The van der Waals surface area contributed by atoms with Gasteiger partial charge in [-0.2, -0.15) is 0 Å². The molecule has 1 aromatic heterocycles. The number of rotatable bonds is 6. The van der Waals surface area contributed by atoms with Gasteiger partial charge in [0.2, 0.25) is 5.91 Å². The standard InChI is InChI=1S/C18H23NO4/c1-5-15(20)19-18(2,3)11-10-13-14(22-4)8-6-12-7-9-16(21)23-17(12)13/h6-9H,5,10-11H2,1-4H3,(H,19,20). The van der Waals surface area contributed by atoms with E-state index in [1.807, 2.05) is 32.9 Å². The summed E-state index contributed by atoms with van der Waals surface area (Å²) in [6, 6.07) is 6.89. The van der Waals surface area contributed by atoms with E-state index in [2.05, 4.69) is 5.32 Å². The number of hydrogen-bond donors (Lipinski definition) is 1. The lowest BCUT2D eigenvalue weighted by atomic mass is 9.93. The Kier molecular flexibility index (Phi) is 5.08. The average molecular weight is 317 g/mol. The van der Waals surface area contributed by atoms with Gasteiger partial charge in [0, 0.05) is 29.0 Å². The lowest BCUT2D eigenvalue weighted by Gasteiger charge is -2.26. The van der Waals surface area contributed by atoms with E-state index in [1.54, 1.807) is 13.2 Å². The monoisotopic (exact) mass is 317 g/mol. The summed E-state index contributed by atoms with van der Waals surface area (Å²) < 4.78 is 10.8. The quantitative estimate of drug-likeness (QED) is 0.832. The van der Waals surface area contributed by atoms with Crippen molar-refractivity contribution < 1.29 is 13.9 Å². The number of amides is 1. The van der Waals surface area contributed by atoms with Crippen molar-refractivity contribution in [2.75, 3.05) is 7.11 Å². The van der Waals surface area contributed by atoms with Crippen LogP contribution in [0.2, 0.25) is 0 Å². The van der Waals surface area contributed by atoms with Crippen LogP contribution in [-0.4, -0.2) is 18.6 Å². The third-order valence-corrected chi connectivity index (χ3v) is 3.87. The summed E-state index contributed by atoms with van der Waals surface area (Å²) in [5.41, 5.74) is 0.663. The third kappa shape index (κ3) is 4.12. The largest absolute Gasteiger partial charge is 0.496 e. The zero-order chi connectivity index (χ0) is 17.0. The van der Waals surface area contributed by atoms with Crippen molar-refractivity contribution in [1.82, 2.24) is 5.32 Å². The highest BCUT2D eigenvalue weighted by Gasteiger charge is 2.21. The SMILES string of the molecule is CCC(=O)NC(C)(C)CCc1c(OC)ccc2ccc(=O)oc12. The molecule has 2 aromatic rings. The molecule has 1 amide bonds. The molecule has 1 heterocycles. The van der Waals surface area contributed by atoms with Crippen LogP contribution in [0.25, 0.3) is 11.0 Å². The van der Waals surface area contributed by atoms with Gasteiger partial charge in [-0.25, -0.2) is 4.79 Å². The molecule has 5 heteroatoms. The molecule has 0 aliphatic carbocycles. The Morgan fingerprint density at radius 2 is 1.96 bits per heavy atom. The van der Waals surface area contributed by atoms with Crippen LogP contribution in [0.15, 0.2) is 33.5 Å². The molecular formula is C18H23NO4. The summed E-state index contributed by atoms with van der Waals surface area (Å²) in [7, 11) is 1.59. The molecule has 1 N–H and O–H groups in total. The average Bonchev–Trinajstić information content (AvgIpc) is 2.51. The molecule has 0 bridgehead atoms. The van der Waals surface area contributed by atoms with Gasteiger partial charge in [0.25, 0.3) is 0 Å². The van der Waals surface area contributed by atoms with E-state index in [4.69, 9.17) is 9.15 Å². The molecule has 0 fully saturated rings. The number of carbonyl (C=O) groups is 1. The van der Waals surface area contributed by atoms with Gasteiger partial charge in [-0.15, -0.1) is 0 Å². The van der Waals surface area contributed by atoms with Crippen molar-refractivity contribution in [2.24, 2.45) is 0 Å². The Hall–Kier alpha value is -2.30. The van der Waals surface area contributed by atoms with Crippen LogP contribution in [0, 0.1) is 0 Å². The summed E-state index contributed by atoms with van der Waals surface area (Å²) in [6.07, 6.45) is 1.78. The molecule has 0 aliphatic heterocycles. The Morgan fingerprint density at radius 3 is 2.61 bits per heavy atom. The maximum absolute atomic E-state index is 11.6. The van der Waals surface area contributed by atoms with Gasteiger partial charge in [0.1, 0.15) is 11.3 Å². The molecule has 1 aromatic carbocycles. The van der Waals surface area contributed by atoms with Gasteiger partial charge in [-0.3, -0.25) is 4.79 Å². The topological polar surface area (TPSA) is 68.5 Å². The highest BCUT2D eigenvalue weighted by Crippen LogP contribution is 2.29. The number of ether oxygens (including phenoxy) is 1. The van der Waals surface area contributed by atoms with Crippen molar-refractivity contribution in [2.45, 2.75) is 45.6 Å². The first kappa shape index (κ1) is 17.1. The van der Waals surface area contributed by atoms with E-state index < -0.39 is 0 Å². The maximum atomic E-state index is 11.6. The number of aryl methyl sites for hydroxylation is 1. The first-order valence-electron chi connectivity index (χ1n) is 7.77. The zero-order valence-electron chi connectivity index (χ0n) is 14.1. The molecule has 23 heavy (non-hydrogen) atoms. The second kappa shape index (κ2) is 6.86. The van der Waals surface area contributed by atoms with Crippen LogP contribution in [0.1, 0.15) is 39.2 Å². The number of carbonyl (C=O) groups excluding carboxylic acids is 1. The lowest BCUT2D eigenvalue weighted by Crippen LogP contribution is -2.43. The number of benzene rings is 1. The predicted octanol–water partition coefficient (Wildman–Crippen LogP) is 3.04. The second-order valence-corrected chi connectivity index (χ2v) is 6.20. The van der Waals surface area contributed by atoms with Gasteiger partial charge in [-0.05, 0) is 44.9 Å². The van der Waals surface area contributed by atoms with E-state index in [-0.39, 0.29) is 17.1 Å². The normalized spacial score (nSPS) is 11.5. The highest BCUT2D eigenvalue weighted by molar-refractivity contribution is 5.82. The second-order valence-electron chi connectivity index (χ2n) is 6.20. The van der Waals surface area contributed by atoms with Gasteiger partial charge in [0.15, 0.2) is 0 Å². The molecule has 0 atom stereocenters. The van der Waals surface area contributed by atoms with Gasteiger partial charge in [-0.1, -0.05) is 6.92 Å². The van der Waals surface area contributed by atoms with Crippen molar-refractivity contribution >= 4 is 16.9 Å². The zero-order valence-corrected chi connectivity index (χ0v) is 14.1. The number of nitrogens with one attached hydrogen (secondary N) is 1. The maximum Gasteiger partial charge on any atom is 0.336 e. The minimum atomic E-state index is -0.384. The van der Waals surface area contributed by atoms with Crippen molar-refractivity contribution in [1.29, 1.82) is 0 Å².